The Bertz CT molecular complexity index is 1300. The first-order chi connectivity index (χ1) is 18.5. The number of benzene rings is 1. The predicted octanol–water partition coefficient (Wildman–Crippen LogP) is 4.90. The summed E-state index contributed by atoms with van der Waals surface area (Å²) in [5, 5.41) is 10.5. The number of amidine groups is 1. The first-order valence-corrected chi connectivity index (χ1v) is 13.3. The molecule has 12 heteroatoms. The topological polar surface area (TPSA) is 138 Å². The lowest BCUT2D eigenvalue weighted by molar-refractivity contribution is -0.106. The number of primary amides is 1. The number of carbonyl (C=O) groups excluding carboxylic acids is 1. The zero-order chi connectivity index (χ0) is 29.3. The van der Waals surface area contributed by atoms with Crippen LogP contribution in [-0.2, 0) is 4.79 Å². The van der Waals surface area contributed by atoms with Crippen molar-refractivity contribution >= 4 is 41.7 Å². The van der Waals surface area contributed by atoms with Gasteiger partial charge in [0.15, 0.2) is 17.5 Å². The van der Waals surface area contributed by atoms with Gasteiger partial charge < -0.3 is 21.7 Å². The number of anilines is 2. The van der Waals surface area contributed by atoms with E-state index in [4.69, 9.17) is 15.5 Å². The molecule has 1 aromatic heterocycles. The van der Waals surface area contributed by atoms with Crippen LogP contribution >= 0.6 is 11.8 Å². The molecule has 39 heavy (non-hydrogen) atoms. The molecule has 0 bridgehead atoms. The molecule has 1 fully saturated rings. The number of allylic oxidation sites excluding steroid dienone is 4. The lowest BCUT2D eigenvalue weighted by Crippen LogP contribution is -2.26. The number of hydrogen-bond donors (Lipinski definition) is 4. The highest BCUT2D eigenvalue weighted by Crippen LogP contribution is 2.43. The Morgan fingerprint density at radius 1 is 1.28 bits per heavy atom. The molecule has 1 aromatic carbocycles. The maximum Gasteiger partial charge on any atom is 0.204 e. The molecule has 9 nitrogen and oxygen atoms in total. The van der Waals surface area contributed by atoms with E-state index in [-0.39, 0.29) is 18.0 Å². The molecule has 0 atom stereocenters. The van der Waals surface area contributed by atoms with E-state index >= 15 is 0 Å². The fraction of sp³-hybridized carbons (Fsp3) is 0.333. The van der Waals surface area contributed by atoms with E-state index in [1.807, 2.05) is 13.0 Å². The number of halogens is 2. The molecule has 1 saturated carbocycles. The highest BCUT2D eigenvalue weighted by atomic mass is 32.2. The molecule has 0 saturated heterocycles. The predicted molar refractivity (Wildman–Crippen MR) is 157 cm³/mol. The molecule has 1 amide bonds. The van der Waals surface area contributed by atoms with Crippen LogP contribution < -0.4 is 21.7 Å². The van der Waals surface area contributed by atoms with Crippen molar-refractivity contribution < 1.29 is 13.6 Å². The largest absolute Gasteiger partial charge is 0.402 e. The average molecular weight is 559 g/mol. The lowest BCUT2D eigenvalue weighted by Gasteiger charge is -2.22. The molecule has 1 aliphatic carbocycles. The number of H-pyrrole nitrogens is 1. The minimum absolute atomic E-state index is 0.174. The van der Waals surface area contributed by atoms with Gasteiger partial charge in [0.05, 0.1) is 0 Å². The second-order valence-electron chi connectivity index (χ2n) is 8.85. The number of nitrogens with zero attached hydrogens (tertiary/aromatic N) is 4. The quantitative estimate of drug-likeness (QED) is 0.114. The van der Waals surface area contributed by atoms with Crippen molar-refractivity contribution in [2.45, 2.75) is 38.5 Å². The number of rotatable bonds is 9. The average Bonchev–Trinajstić information content (AvgIpc) is 3.62. The Morgan fingerprint density at radius 3 is 2.31 bits per heavy atom. The number of thioether (sulfide) groups is 1. The summed E-state index contributed by atoms with van der Waals surface area (Å²) < 4.78 is 29.7. The normalized spacial score (nSPS) is 14.7. The number of aromatic nitrogens is 2. The van der Waals surface area contributed by atoms with E-state index < -0.39 is 11.6 Å². The van der Waals surface area contributed by atoms with Gasteiger partial charge in [0.25, 0.3) is 0 Å². The van der Waals surface area contributed by atoms with Gasteiger partial charge in [0.2, 0.25) is 6.41 Å². The van der Waals surface area contributed by atoms with Gasteiger partial charge >= 0.3 is 0 Å². The highest BCUT2D eigenvalue weighted by Gasteiger charge is 2.32. The van der Waals surface area contributed by atoms with E-state index in [0.717, 1.165) is 24.1 Å². The van der Waals surface area contributed by atoms with Gasteiger partial charge in [-0.15, -0.1) is 11.8 Å². The summed E-state index contributed by atoms with van der Waals surface area (Å²) in [7, 11) is 3.26. The Labute approximate surface area is 232 Å². The molecule has 6 N–H and O–H groups in total. The van der Waals surface area contributed by atoms with Crippen LogP contribution in [0.25, 0.3) is 0 Å². The van der Waals surface area contributed by atoms with Crippen molar-refractivity contribution in [1.29, 1.82) is 0 Å². The standard InChI is InChI=1S/C26H33F2N7S.CH3NO/c1-14-10-23(34-33-14)32-26(24(18-8-9-18)15(2)20(13-30-5)16(3)29)31-17(4)35(6)25-21(27)11-19(36-7)12-22(25)28;2-1-3/h10-13,18H,2,8-9,29H2,1,3-7H3,(H2,32,33,34);1H,(H2,2,3)/b20-16+,26-24-,30-13?,31-17+;. The van der Waals surface area contributed by atoms with Crippen molar-refractivity contribution in [1.82, 2.24) is 10.2 Å². The maximum atomic E-state index is 14.9. The molecule has 0 unspecified atom stereocenters. The van der Waals surface area contributed by atoms with Crippen LogP contribution in [-0.4, -0.2) is 49.0 Å². The molecule has 210 valence electrons. The smallest absolute Gasteiger partial charge is 0.204 e. The third-order valence-electron chi connectivity index (χ3n) is 5.85. The van der Waals surface area contributed by atoms with E-state index in [2.05, 4.69) is 32.8 Å². The molecular formula is C27H36F2N8OS. The van der Waals surface area contributed by atoms with Crippen molar-refractivity contribution in [3.63, 3.8) is 0 Å². The van der Waals surface area contributed by atoms with E-state index in [0.29, 0.717) is 39.2 Å². The molecule has 3 rings (SSSR count). The number of nitrogens with one attached hydrogen (secondary N) is 2. The van der Waals surface area contributed by atoms with Gasteiger partial charge in [-0.25, -0.2) is 13.8 Å². The van der Waals surface area contributed by atoms with E-state index in [1.54, 1.807) is 40.4 Å². The van der Waals surface area contributed by atoms with Gasteiger partial charge in [-0.3, -0.25) is 14.9 Å². The third-order valence-corrected chi connectivity index (χ3v) is 6.55. The number of carbonyl (C=O) groups is 1. The summed E-state index contributed by atoms with van der Waals surface area (Å²) in [6.45, 7) is 9.71. The van der Waals surface area contributed by atoms with Crippen LogP contribution in [0.2, 0.25) is 0 Å². The van der Waals surface area contributed by atoms with Crippen molar-refractivity contribution in [3.8, 4) is 0 Å². The maximum absolute atomic E-state index is 14.9. The molecule has 1 aliphatic rings. The molecule has 1 heterocycles. The van der Waals surface area contributed by atoms with E-state index in [1.165, 1.54) is 28.8 Å². The number of nitrogens with two attached hydrogens (primary N) is 2. The van der Waals surface area contributed by atoms with Crippen LogP contribution in [0.3, 0.4) is 0 Å². The summed E-state index contributed by atoms with van der Waals surface area (Å²) in [5.41, 5.74) is 13.9. The number of aryl methyl sites for hydroxylation is 1. The second kappa shape index (κ2) is 14.3. The van der Waals surface area contributed by atoms with Crippen LogP contribution in [0.15, 0.2) is 67.9 Å². The first kappa shape index (κ1) is 31.3. The summed E-state index contributed by atoms with van der Waals surface area (Å²) in [6, 6.07) is 4.48. The van der Waals surface area contributed by atoms with Crippen molar-refractivity contribution in [2.75, 3.05) is 30.6 Å². The van der Waals surface area contributed by atoms with Gasteiger partial charge in [0, 0.05) is 53.8 Å². The number of aliphatic imine (C=N–C) groups is 2. The van der Waals surface area contributed by atoms with Crippen LogP contribution in [0, 0.1) is 24.5 Å². The Kier molecular flexibility index (Phi) is 11.5. The number of hydrogen-bond acceptors (Lipinski definition) is 7. The van der Waals surface area contributed by atoms with Gasteiger partial charge in [-0.1, -0.05) is 6.58 Å². The van der Waals surface area contributed by atoms with Crippen LogP contribution in [0.1, 0.15) is 32.4 Å². The Balaban J connectivity index is 0.00000170. The van der Waals surface area contributed by atoms with E-state index in [9.17, 15) is 8.78 Å². The Morgan fingerprint density at radius 2 is 1.87 bits per heavy atom. The summed E-state index contributed by atoms with van der Waals surface area (Å²) in [6.07, 6.45) is 5.62. The molecule has 0 spiro atoms. The molecule has 0 radical (unpaired) electrons. The van der Waals surface area contributed by atoms with Gasteiger partial charge in [0.1, 0.15) is 17.3 Å². The zero-order valence-corrected chi connectivity index (χ0v) is 23.9. The number of aromatic amines is 1. The SMILES string of the molecule is C=C(/C(C=NC)=C(\C)N)/C(=C(\N=C(/C)N(C)c1c(F)cc(SC)cc1F)Nc1cc(C)[nH]n1)C1CC1.NC=O. The second-order valence-corrected chi connectivity index (χ2v) is 9.73. The fourth-order valence-electron chi connectivity index (χ4n) is 3.78. The monoisotopic (exact) mass is 558 g/mol. The minimum Gasteiger partial charge on any atom is -0.402 e. The highest BCUT2D eigenvalue weighted by molar-refractivity contribution is 7.98. The first-order valence-electron chi connectivity index (χ1n) is 12.1. The molecule has 0 aliphatic heterocycles. The van der Waals surface area contributed by atoms with Gasteiger partial charge in [-0.05, 0) is 63.5 Å². The van der Waals surface area contributed by atoms with Crippen LogP contribution in [0.4, 0.5) is 20.3 Å². The third kappa shape index (κ3) is 8.28. The number of amides is 1. The van der Waals surface area contributed by atoms with Gasteiger partial charge in [-0.2, -0.15) is 5.10 Å². The van der Waals surface area contributed by atoms with Crippen molar-refractivity contribution in [2.24, 2.45) is 27.4 Å². The molecular weight excluding hydrogens is 522 g/mol. The lowest BCUT2D eigenvalue weighted by atomic mass is 9.95. The minimum atomic E-state index is -0.659. The van der Waals surface area contributed by atoms with Crippen molar-refractivity contribution in [3.05, 3.63) is 70.3 Å². The fourth-order valence-corrected chi connectivity index (χ4v) is 4.23. The zero-order valence-electron chi connectivity index (χ0n) is 23.1. The summed E-state index contributed by atoms with van der Waals surface area (Å²) in [4.78, 5) is 19.4. The molecule has 2 aromatic rings. The summed E-state index contributed by atoms with van der Waals surface area (Å²) in [5.74, 6) is 0.317. The van der Waals surface area contributed by atoms with Crippen LogP contribution in [0.5, 0.6) is 0 Å². The summed E-state index contributed by atoms with van der Waals surface area (Å²) >= 11 is 1.27. The Hall–Kier alpha value is -3.93.